The Hall–Kier alpha value is -3.60. The van der Waals surface area contributed by atoms with Crippen LogP contribution in [0.25, 0.3) is 0 Å². The predicted molar refractivity (Wildman–Crippen MR) is 140 cm³/mol. The highest BCUT2D eigenvalue weighted by Gasteiger charge is 2.56. The van der Waals surface area contributed by atoms with Gasteiger partial charge in [-0.3, -0.25) is 19.5 Å². The summed E-state index contributed by atoms with van der Waals surface area (Å²) in [6.45, 7) is 3.44. The van der Waals surface area contributed by atoms with Crippen molar-refractivity contribution in [3.63, 3.8) is 0 Å². The maximum Gasteiger partial charge on any atom is 0.257 e. The summed E-state index contributed by atoms with van der Waals surface area (Å²) >= 11 is 6.22. The van der Waals surface area contributed by atoms with Crippen LogP contribution in [0.2, 0.25) is 5.02 Å². The quantitative estimate of drug-likeness (QED) is 0.329. The van der Waals surface area contributed by atoms with E-state index < -0.39 is 17.4 Å². The van der Waals surface area contributed by atoms with Gasteiger partial charge >= 0.3 is 0 Å². The molecule has 2 aliphatic rings. The molecule has 8 heteroatoms. The predicted octanol–water partition coefficient (Wildman–Crippen LogP) is 6.40. The van der Waals surface area contributed by atoms with Crippen molar-refractivity contribution in [1.82, 2.24) is 9.88 Å². The van der Waals surface area contributed by atoms with E-state index in [9.17, 15) is 14.9 Å². The molecule has 3 aromatic rings. The molecule has 194 valence electrons. The third-order valence-electron chi connectivity index (χ3n) is 7.64. The minimum absolute atomic E-state index is 0.000203. The lowest BCUT2D eigenvalue weighted by Crippen LogP contribution is -2.49. The van der Waals surface area contributed by atoms with Crippen LogP contribution in [0.1, 0.15) is 82.6 Å². The van der Waals surface area contributed by atoms with Crippen LogP contribution in [0.5, 0.6) is 0 Å². The Balaban J connectivity index is 1.75. The largest absolute Gasteiger partial charge is 0.343 e. The molecule has 0 radical (unpaired) electrons. The number of Topliss-reactive ketones (excluding diaryl/α,β-unsaturated/α-hetero) is 1. The Bertz CT molecular complexity index is 1430. The van der Waals surface area contributed by atoms with Gasteiger partial charge in [-0.2, -0.15) is 5.26 Å². The fraction of sp³-hybridized carbons (Fsp3) is 0.333. The second-order valence-corrected chi connectivity index (χ2v) is 10.3. The molecule has 2 aromatic carbocycles. The number of ketones is 1. The normalized spacial score (nSPS) is 22.4. The molecule has 0 saturated heterocycles. The first-order chi connectivity index (χ1) is 18.3. The van der Waals surface area contributed by atoms with E-state index in [-0.39, 0.29) is 41.0 Å². The van der Waals surface area contributed by atoms with Gasteiger partial charge in [0.1, 0.15) is 11.9 Å². The third-order valence-corrected chi connectivity index (χ3v) is 7.89. The van der Waals surface area contributed by atoms with Crippen LogP contribution in [-0.4, -0.2) is 27.7 Å². The zero-order valence-electron chi connectivity index (χ0n) is 21.2. The molecular formula is C30H27ClFN3O3. The van der Waals surface area contributed by atoms with Gasteiger partial charge in [0, 0.05) is 22.3 Å². The third kappa shape index (κ3) is 4.38. The van der Waals surface area contributed by atoms with E-state index in [1.165, 1.54) is 30.2 Å². The van der Waals surface area contributed by atoms with Gasteiger partial charge in [0.25, 0.3) is 5.91 Å². The van der Waals surface area contributed by atoms with Crippen molar-refractivity contribution in [2.24, 2.45) is 5.92 Å². The Labute approximate surface area is 226 Å². The molecule has 6 nitrogen and oxygen atoms in total. The zero-order chi connectivity index (χ0) is 27.0. The van der Waals surface area contributed by atoms with Crippen LogP contribution in [0.3, 0.4) is 0 Å². The topological polar surface area (TPSA) is 83.3 Å². The summed E-state index contributed by atoms with van der Waals surface area (Å²) in [7, 11) is 0. The van der Waals surface area contributed by atoms with E-state index in [0.717, 1.165) is 25.7 Å². The Morgan fingerprint density at radius 3 is 2.63 bits per heavy atom. The summed E-state index contributed by atoms with van der Waals surface area (Å²) < 4.78 is 23.1. The summed E-state index contributed by atoms with van der Waals surface area (Å²) in [5, 5.41) is 9.68. The van der Waals surface area contributed by atoms with Crippen molar-refractivity contribution in [3.8, 4) is 6.07 Å². The number of amides is 1. The lowest BCUT2D eigenvalue weighted by Gasteiger charge is -2.42. The Morgan fingerprint density at radius 2 is 2.00 bits per heavy atom. The molecule has 1 aliphatic heterocycles. The van der Waals surface area contributed by atoms with E-state index >= 15 is 4.39 Å². The van der Waals surface area contributed by atoms with E-state index in [2.05, 4.69) is 11.9 Å². The van der Waals surface area contributed by atoms with E-state index in [0.29, 0.717) is 21.8 Å². The highest BCUT2D eigenvalue weighted by molar-refractivity contribution is 6.30. The minimum atomic E-state index is -1.60. The van der Waals surface area contributed by atoms with Gasteiger partial charge in [0.2, 0.25) is 5.72 Å². The van der Waals surface area contributed by atoms with E-state index in [1.54, 1.807) is 36.4 Å². The fourth-order valence-electron chi connectivity index (χ4n) is 5.69. The number of pyridine rings is 1. The van der Waals surface area contributed by atoms with Gasteiger partial charge in [0.05, 0.1) is 35.0 Å². The maximum atomic E-state index is 16.1. The number of ether oxygens (including phenoxy) is 1. The van der Waals surface area contributed by atoms with Gasteiger partial charge < -0.3 is 4.74 Å². The minimum Gasteiger partial charge on any atom is -0.343 e. The smallest absolute Gasteiger partial charge is 0.257 e. The number of nitriles is 1. The number of hydrogen-bond acceptors (Lipinski definition) is 5. The summed E-state index contributed by atoms with van der Waals surface area (Å²) in [6, 6.07) is 14.8. The highest BCUT2D eigenvalue weighted by Crippen LogP contribution is 2.50. The van der Waals surface area contributed by atoms with Crippen LogP contribution in [-0.2, 0) is 17.0 Å². The van der Waals surface area contributed by atoms with E-state index in [4.69, 9.17) is 16.3 Å². The van der Waals surface area contributed by atoms with Gasteiger partial charge in [-0.15, -0.1) is 0 Å². The standard InChI is InChI=1S/C30H27ClFN3O3/c1-3-20-5-4-6-27(20)38-30(22-8-10-23(31)11-9-22)28-25(13-21(18(2)36)14-26(28)32)29(37)35(30)17-24-12-7-19(15-33)16-34-24/h7-14,16,20,27H,3-6,17H2,1-2H3. The SMILES string of the molecule is CCC1CCCC1OC1(c2ccc(Cl)cc2)c2c(F)cc(C(C)=O)cc2C(=O)N1Cc1ccc(C#N)cn1. The zero-order valence-corrected chi connectivity index (χ0v) is 22.0. The first-order valence-electron chi connectivity index (χ1n) is 12.7. The van der Waals surface area contributed by atoms with Crippen molar-refractivity contribution < 1.29 is 18.7 Å². The number of aromatic nitrogens is 1. The Kier molecular flexibility index (Phi) is 7.04. The first kappa shape index (κ1) is 26.0. The molecule has 0 N–H and O–H groups in total. The molecule has 1 amide bonds. The van der Waals surface area contributed by atoms with Crippen molar-refractivity contribution in [2.75, 3.05) is 0 Å². The molecule has 5 rings (SSSR count). The fourth-order valence-corrected chi connectivity index (χ4v) is 5.81. The number of carbonyl (C=O) groups excluding carboxylic acids is 2. The van der Waals surface area contributed by atoms with Crippen LogP contribution in [0, 0.1) is 23.1 Å². The average Bonchev–Trinajstić information content (AvgIpc) is 3.46. The second-order valence-electron chi connectivity index (χ2n) is 9.88. The first-order valence-corrected chi connectivity index (χ1v) is 13.1. The molecule has 2 heterocycles. The van der Waals surface area contributed by atoms with E-state index in [1.807, 2.05) is 6.07 Å². The van der Waals surface area contributed by atoms with Crippen LogP contribution >= 0.6 is 11.6 Å². The molecule has 38 heavy (non-hydrogen) atoms. The molecule has 1 aromatic heterocycles. The van der Waals surface area contributed by atoms with Crippen molar-refractivity contribution in [1.29, 1.82) is 5.26 Å². The summed E-state index contributed by atoms with van der Waals surface area (Å²) in [4.78, 5) is 32.2. The molecule has 3 unspecified atom stereocenters. The molecule has 1 aliphatic carbocycles. The summed E-state index contributed by atoms with van der Waals surface area (Å²) in [6.07, 6.45) is 4.87. The van der Waals surface area contributed by atoms with Gasteiger partial charge in [-0.05, 0) is 62.1 Å². The molecule has 1 saturated carbocycles. The lowest BCUT2D eigenvalue weighted by molar-refractivity contribution is -0.159. The number of benzene rings is 2. The monoisotopic (exact) mass is 531 g/mol. The second kappa shape index (κ2) is 10.3. The Morgan fingerprint density at radius 1 is 1.24 bits per heavy atom. The van der Waals surface area contributed by atoms with Gasteiger partial charge in [-0.25, -0.2) is 4.39 Å². The number of fused-ring (bicyclic) bond motifs is 1. The number of nitrogens with zero attached hydrogens (tertiary/aromatic N) is 3. The highest BCUT2D eigenvalue weighted by atomic mass is 35.5. The van der Waals surface area contributed by atoms with Gasteiger partial charge in [-0.1, -0.05) is 43.5 Å². The summed E-state index contributed by atoms with van der Waals surface area (Å²) in [5.41, 5.74) is 0.143. The van der Waals surface area contributed by atoms with Crippen LogP contribution in [0.15, 0.2) is 54.7 Å². The molecular weight excluding hydrogens is 505 g/mol. The average molecular weight is 532 g/mol. The molecule has 0 bridgehead atoms. The maximum absolute atomic E-state index is 16.1. The molecule has 3 atom stereocenters. The number of rotatable bonds is 7. The van der Waals surface area contributed by atoms with Crippen molar-refractivity contribution in [3.05, 3.63) is 99.1 Å². The molecule has 1 fully saturated rings. The number of hydrogen-bond donors (Lipinski definition) is 0. The van der Waals surface area contributed by atoms with Gasteiger partial charge in [0.15, 0.2) is 5.78 Å². The number of halogens is 2. The van der Waals surface area contributed by atoms with Crippen LogP contribution < -0.4 is 0 Å². The molecule has 0 spiro atoms. The summed E-state index contributed by atoms with van der Waals surface area (Å²) in [5.74, 6) is -1.23. The lowest BCUT2D eigenvalue weighted by atomic mass is 9.90. The number of carbonyl (C=O) groups is 2. The van der Waals surface area contributed by atoms with Crippen LogP contribution in [0.4, 0.5) is 4.39 Å². The van der Waals surface area contributed by atoms with Crippen molar-refractivity contribution >= 4 is 23.3 Å². The van der Waals surface area contributed by atoms with Crippen molar-refractivity contribution in [2.45, 2.75) is 57.9 Å².